The number of hydrogen-bond donors (Lipinski definition) is 1. The van der Waals surface area contributed by atoms with Gasteiger partial charge in [-0.3, -0.25) is 4.79 Å². The number of rotatable bonds is 0. The zero-order valence-corrected chi connectivity index (χ0v) is 9.07. The summed E-state index contributed by atoms with van der Waals surface area (Å²) >= 11 is 0. The third-order valence-corrected chi connectivity index (χ3v) is 3.31. The van der Waals surface area contributed by atoms with Crippen LogP contribution in [0.3, 0.4) is 0 Å². The van der Waals surface area contributed by atoms with Crippen LogP contribution in [0.15, 0.2) is 36.4 Å². The lowest BCUT2D eigenvalue weighted by Crippen LogP contribution is -2.40. The minimum Gasteiger partial charge on any atom is -0.310 e. The lowest BCUT2D eigenvalue weighted by atomic mass is 10.1. The number of benzene rings is 1. The van der Waals surface area contributed by atoms with Gasteiger partial charge in [0.2, 0.25) is 0 Å². The Morgan fingerprint density at radius 2 is 2.19 bits per heavy atom. The summed E-state index contributed by atoms with van der Waals surface area (Å²) in [5.74, 6) is 0.0694. The van der Waals surface area contributed by atoms with Crippen LogP contribution < -0.4 is 10.2 Å². The van der Waals surface area contributed by atoms with E-state index in [1.807, 2.05) is 23.1 Å². The summed E-state index contributed by atoms with van der Waals surface area (Å²) in [6.07, 6.45) is 0.947. The number of anilines is 1. The molecule has 1 N–H and O–H groups in total. The van der Waals surface area contributed by atoms with E-state index in [2.05, 4.69) is 18.0 Å². The molecule has 0 radical (unpaired) electrons. The molecule has 3 nitrogen and oxygen atoms in total. The van der Waals surface area contributed by atoms with Crippen molar-refractivity contribution < 1.29 is 4.79 Å². The largest absolute Gasteiger partial charge is 0.310 e. The first-order valence-electron chi connectivity index (χ1n) is 5.57. The lowest BCUT2D eigenvalue weighted by Gasteiger charge is -2.22. The van der Waals surface area contributed by atoms with E-state index in [1.54, 1.807) is 0 Å². The third-order valence-electron chi connectivity index (χ3n) is 3.31. The Balaban J connectivity index is 2.07. The molecular formula is C13H14N2O. The van der Waals surface area contributed by atoms with Crippen molar-refractivity contribution in [3.05, 3.63) is 42.0 Å². The fourth-order valence-electron chi connectivity index (χ4n) is 2.53. The molecule has 1 atom stereocenters. The maximum Gasteiger partial charge on any atom is 0.255 e. The zero-order valence-electron chi connectivity index (χ0n) is 9.07. The number of para-hydroxylation sites is 1. The van der Waals surface area contributed by atoms with Crippen molar-refractivity contribution in [2.45, 2.75) is 12.5 Å². The second-order valence-electron chi connectivity index (χ2n) is 4.40. The smallest absolute Gasteiger partial charge is 0.255 e. The molecule has 0 aromatic heterocycles. The SMILES string of the molecule is C=C1CNC[C@@H]2Cc3ccccc3N2C1=O. The standard InChI is InChI=1S/C13H14N2O/c1-9-7-14-8-11-6-10-4-2-3-5-12(10)15(11)13(9)16/h2-5,11,14H,1,6-8H2/t11-/m0/s1. The van der Waals surface area contributed by atoms with E-state index in [-0.39, 0.29) is 11.9 Å². The minimum atomic E-state index is 0.0694. The highest BCUT2D eigenvalue weighted by Gasteiger charge is 2.35. The molecule has 2 heterocycles. The summed E-state index contributed by atoms with van der Waals surface area (Å²) in [6, 6.07) is 8.38. The van der Waals surface area contributed by atoms with Gasteiger partial charge in [0.1, 0.15) is 0 Å². The van der Waals surface area contributed by atoms with Gasteiger partial charge in [-0.2, -0.15) is 0 Å². The van der Waals surface area contributed by atoms with Crippen molar-refractivity contribution in [3.8, 4) is 0 Å². The molecule has 0 saturated carbocycles. The van der Waals surface area contributed by atoms with Crippen molar-refractivity contribution in [3.63, 3.8) is 0 Å². The van der Waals surface area contributed by atoms with E-state index < -0.39 is 0 Å². The highest BCUT2D eigenvalue weighted by atomic mass is 16.2. The highest BCUT2D eigenvalue weighted by Crippen LogP contribution is 2.33. The topological polar surface area (TPSA) is 32.3 Å². The van der Waals surface area contributed by atoms with E-state index in [0.717, 1.165) is 18.7 Å². The minimum absolute atomic E-state index is 0.0694. The number of carbonyl (C=O) groups excluding carboxylic acids is 1. The molecule has 1 aromatic rings. The average Bonchev–Trinajstić information content (AvgIpc) is 2.59. The van der Waals surface area contributed by atoms with Gasteiger partial charge in [0.05, 0.1) is 6.04 Å². The van der Waals surface area contributed by atoms with Crippen LogP contribution in [0, 0.1) is 0 Å². The molecule has 16 heavy (non-hydrogen) atoms. The van der Waals surface area contributed by atoms with Crippen LogP contribution in [0.5, 0.6) is 0 Å². The number of nitrogens with one attached hydrogen (secondary N) is 1. The number of amides is 1. The van der Waals surface area contributed by atoms with Crippen LogP contribution >= 0.6 is 0 Å². The maximum absolute atomic E-state index is 12.2. The lowest BCUT2D eigenvalue weighted by molar-refractivity contribution is -0.115. The predicted molar refractivity (Wildman–Crippen MR) is 63.4 cm³/mol. The van der Waals surface area contributed by atoms with Crippen LogP contribution in [-0.2, 0) is 11.2 Å². The van der Waals surface area contributed by atoms with Crippen LogP contribution in [0.2, 0.25) is 0 Å². The fraction of sp³-hybridized carbons (Fsp3) is 0.308. The van der Waals surface area contributed by atoms with Crippen molar-refractivity contribution in [2.75, 3.05) is 18.0 Å². The van der Waals surface area contributed by atoms with Gasteiger partial charge in [-0.1, -0.05) is 24.8 Å². The van der Waals surface area contributed by atoms with E-state index >= 15 is 0 Å². The molecule has 82 valence electrons. The van der Waals surface area contributed by atoms with Crippen LogP contribution in [0.25, 0.3) is 0 Å². The van der Waals surface area contributed by atoms with Gasteiger partial charge in [-0.25, -0.2) is 0 Å². The number of nitrogens with zero attached hydrogens (tertiary/aromatic N) is 1. The Hall–Kier alpha value is -1.61. The zero-order chi connectivity index (χ0) is 11.1. The summed E-state index contributed by atoms with van der Waals surface area (Å²) in [5.41, 5.74) is 2.97. The molecule has 1 amide bonds. The Morgan fingerprint density at radius 3 is 3.06 bits per heavy atom. The van der Waals surface area contributed by atoms with Gasteiger partial charge in [0.15, 0.2) is 0 Å². The third kappa shape index (κ3) is 1.28. The van der Waals surface area contributed by atoms with E-state index in [9.17, 15) is 4.79 Å². The molecule has 3 rings (SSSR count). The van der Waals surface area contributed by atoms with E-state index in [0.29, 0.717) is 12.1 Å². The maximum atomic E-state index is 12.2. The highest BCUT2D eigenvalue weighted by molar-refractivity contribution is 6.07. The van der Waals surface area contributed by atoms with Gasteiger partial charge >= 0.3 is 0 Å². The summed E-state index contributed by atoms with van der Waals surface area (Å²) in [4.78, 5) is 14.1. The molecule has 1 saturated heterocycles. The molecule has 0 aliphatic carbocycles. The normalized spacial score (nSPS) is 24.0. The Kier molecular flexibility index (Phi) is 2.07. The van der Waals surface area contributed by atoms with Crippen LogP contribution in [0.4, 0.5) is 5.69 Å². The first kappa shape index (κ1) is 9.60. The van der Waals surface area contributed by atoms with Gasteiger partial charge < -0.3 is 10.2 Å². The van der Waals surface area contributed by atoms with Crippen molar-refractivity contribution in [2.24, 2.45) is 0 Å². The molecular weight excluding hydrogens is 200 g/mol. The molecule has 3 heteroatoms. The van der Waals surface area contributed by atoms with Gasteiger partial charge in [-0.15, -0.1) is 0 Å². The molecule has 0 spiro atoms. The summed E-state index contributed by atoms with van der Waals surface area (Å²) < 4.78 is 0. The number of hydrogen-bond acceptors (Lipinski definition) is 2. The first-order valence-corrected chi connectivity index (χ1v) is 5.57. The van der Waals surface area contributed by atoms with Gasteiger partial charge in [0, 0.05) is 24.4 Å². The van der Waals surface area contributed by atoms with Crippen LogP contribution in [0.1, 0.15) is 5.56 Å². The molecule has 2 aliphatic rings. The van der Waals surface area contributed by atoms with Crippen molar-refractivity contribution in [1.82, 2.24) is 5.32 Å². The summed E-state index contributed by atoms with van der Waals surface area (Å²) in [5, 5.41) is 3.27. The molecule has 0 bridgehead atoms. The summed E-state index contributed by atoms with van der Waals surface area (Å²) in [6.45, 7) is 5.29. The molecule has 0 unspecified atom stereocenters. The van der Waals surface area contributed by atoms with E-state index in [1.165, 1.54) is 5.56 Å². The fourth-order valence-corrected chi connectivity index (χ4v) is 2.53. The van der Waals surface area contributed by atoms with Gasteiger partial charge in [0.25, 0.3) is 5.91 Å². The van der Waals surface area contributed by atoms with Crippen LogP contribution in [-0.4, -0.2) is 25.0 Å². The van der Waals surface area contributed by atoms with Crippen molar-refractivity contribution >= 4 is 11.6 Å². The second kappa shape index (κ2) is 3.46. The first-order chi connectivity index (χ1) is 7.77. The quantitative estimate of drug-likeness (QED) is 0.656. The van der Waals surface area contributed by atoms with Crippen molar-refractivity contribution in [1.29, 1.82) is 0 Å². The van der Waals surface area contributed by atoms with Gasteiger partial charge in [-0.05, 0) is 18.1 Å². The van der Waals surface area contributed by atoms with E-state index in [4.69, 9.17) is 0 Å². The Morgan fingerprint density at radius 1 is 1.38 bits per heavy atom. The molecule has 2 aliphatic heterocycles. The molecule has 1 fully saturated rings. The second-order valence-corrected chi connectivity index (χ2v) is 4.40. The summed E-state index contributed by atoms with van der Waals surface area (Å²) in [7, 11) is 0. The number of fused-ring (bicyclic) bond motifs is 3. The average molecular weight is 214 g/mol. The number of carbonyl (C=O) groups is 1. The predicted octanol–water partition coefficient (Wildman–Crippen LogP) is 1.10. The monoisotopic (exact) mass is 214 g/mol. The Labute approximate surface area is 94.8 Å². The Bertz CT molecular complexity index is 467. The molecule has 1 aromatic carbocycles.